The molecule has 0 saturated heterocycles. The molecule has 1 amide bonds. The Bertz CT molecular complexity index is 415. The molecule has 6 heteroatoms. The van der Waals surface area contributed by atoms with E-state index in [0.29, 0.717) is 5.75 Å². The van der Waals surface area contributed by atoms with E-state index in [1.807, 2.05) is 0 Å². The number of ether oxygens (including phenoxy) is 2. The highest BCUT2D eigenvalue weighted by Gasteiger charge is 2.18. The number of methoxy groups -OCH3 is 2. The third-order valence-electron chi connectivity index (χ3n) is 2.57. The predicted molar refractivity (Wildman–Crippen MR) is 74.3 cm³/mol. The standard InChI is InChI=1S/C13H16BrNO4/c1-18-10-5-3-9(4-6-10)11(7-13(17)19-2)15-12(16)8-14/h3-6,11H,7-8H2,1-2H3,(H,15,16)/t11-/m0/s1. The third kappa shape index (κ3) is 4.90. The highest BCUT2D eigenvalue weighted by Crippen LogP contribution is 2.20. The molecule has 1 aromatic rings. The summed E-state index contributed by atoms with van der Waals surface area (Å²) in [7, 11) is 2.90. The Labute approximate surface area is 120 Å². The lowest BCUT2D eigenvalue weighted by atomic mass is 10.0. The Kier molecular flexibility index (Phi) is 6.35. The lowest BCUT2D eigenvalue weighted by Crippen LogP contribution is -2.31. The molecule has 0 fully saturated rings. The molecule has 0 aliphatic rings. The van der Waals surface area contributed by atoms with Gasteiger partial charge in [0, 0.05) is 0 Å². The van der Waals surface area contributed by atoms with Crippen molar-refractivity contribution in [3.8, 4) is 5.75 Å². The largest absolute Gasteiger partial charge is 0.497 e. The molecule has 0 spiro atoms. The van der Waals surface area contributed by atoms with Crippen LogP contribution < -0.4 is 10.1 Å². The Morgan fingerprint density at radius 3 is 2.37 bits per heavy atom. The van der Waals surface area contributed by atoms with E-state index in [4.69, 9.17) is 4.74 Å². The molecule has 1 N–H and O–H groups in total. The van der Waals surface area contributed by atoms with Gasteiger partial charge >= 0.3 is 5.97 Å². The second-order valence-corrected chi connectivity index (χ2v) is 4.37. The number of nitrogens with one attached hydrogen (secondary N) is 1. The summed E-state index contributed by atoms with van der Waals surface area (Å²) in [4.78, 5) is 22.8. The molecule has 0 bridgehead atoms. The molecule has 0 unspecified atom stereocenters. The fraction of sp³-hybridized carbons (Fsp3) is 0.385. The fourth-order valence-electron chi connectivity index (χ4n) is 1.57. The average Bonchev–Trinajstić information content (AvgIpc) is 2.46. The van der Waals surface area contributed by atoms with E-state index < -0.39 is 6.04 Å². The quantitative estimate of drug-likeness (QED) is 0.638. The summed E-state index contributed by atoms with van der Waals surface area (Å²) in [5, 5.41) is 2.94. The van der Waals surface area contributed by atoms with E-state index in [2.05, 4.69) is 26.0 Å². The normalized spacial score (nSPS) is 11.5. The first-order chi connectivity index (χ1) is 9.10. The van der Waals surface area contributed by atoms with Gasteiger partial charge < -0.3 is 14.8 Å². The van der Waals surface area contributed by atoms with Crippen LogP contribution in [-0.4, -0.2) is 31.4 Å². The lowest BCUT2D eigenvalue weighted by Gasteiger charge is -2.18. The minimum absolute atomic E-state index is 0.0849. The van der Waals surface area contributed by atoms with E-state index in [1.54, 1.807) is 31.4 Å². The zero-order chi connectivity index (χ0) is 14.3. The molecule has 0 radical (unpaired) electrons. The highest BCUT2D eigenvalue weighted by molar-refractivity contribution is 9.09. The van der Waals surface area contributed by atoms with Gasteiger partial charge in [-0.1, -0.05) is 28.1 Å². The fourth-order valence-corrected chi connectivity index (χ4v) is 1.73. The van der Waals surface area contributed by atoms with Crippen LogP contribution in [0, 0.1) is 0 Å². The summed E-state index contributed by atoms with van der Waals surface area (Å²) in [5.41, 5.74) is 0.820. The van der Waals surface area contributed by atoms with Crippen molar-refractivity contribution in [2.75, 3.05) is 19.5 Å². The SMILES string of the molecule is COC(=O)C[C@H](NC(=O)CBr)c1ccc(OC)cc1. The summed E-state index contributed by atoms with van der Waals surface area (Å²) in [6, 6.07) is 6.75. The van der Waals surface area contributed by atoms with Crippen molar-refractivity contribution in [1.29, 1.82) is 0 Å². The minimum atomic E-state index is -0.414. The number of hydrogen-bond donors (Lipinski definition) is 1. The maximum atomic E-state index is 11.5. The third-order valence-corrected chi connectivity index (χ3v) is 3.08. The number of alkyl halides is 1. The van der Waals surface area contributed by atoms with Crippen molar-refractivity contribution in [2.24, 2.45) is 0 Å². The molecule has 0 aliphatic carbocycles. The number of halogens is 1. The van der Waals surface area contributed by atoms with Crippen molar-refractivity contribution in [3.63, 3.8) is 0 Å². The van der Waals surface area contributed by atoms with Gasteiger partial charge in [-0.15, -0.1) is 0 Å². The van der Waals surface area contributed by atoms with Gasteiger partial charge in [-0.3, -0.25) is 9.59 Å². The van der Waals surface area contributed by atoms with Gasteiger partial charge in [0.15, 0.2) is 0 Å². The van der Waals surface area contributed by atoms with Crippen LogP contribution in [0.4, 0.5) is 0 Å². The van der Waals surface area contributed by atoms with Gasteiger partial charge in [0.05, 0.1) is 32.0 Å². The van der Waals surface area contributed by atoms with Crippen LogP contribution >= 0.6 is 15.9 Å². The summed E-state index contributed by atoms with van der Waals surface area (Å²) < 4.78 is 9.70. The molecule has 0 aromatic heterocycles. The van der Waals surface area contributed by atoms with Crippen LogP contribution in [0.25, 0.3) is 0 Å². The molecule has 1 atom stereocenters. The van der Waals surface area contributed by atoms with Crippen LogP contribution in [0.3, 0.4) is 0 Å². The van der Waals surface area contributed by atoms with Gasteiger partial charge in [-0.25, -0.2) is 0 Å². The Morgan fingerprint density at radius 1 is 1.26 bits per heavy atom. The zero-order valence-corrected chi connectivity index (χ0v) is 12.4. The van der Waals surface area contributed by atoms with Gasteiger partial charge in [0.25, 0.3) is 0 Å². The smallest absolute Gasteiger partial charge is 0.307 e. The molecular formula is C13H16BrNO4. The van der Waals surface area contributed by atoms with E-state index in [0.717, 1.165) is 5.56 Å². The van der Waals surface area contributed by atoms with Crippen molar-refractivity contribution in [3.05, 3.63) is 29.8 Å². The van der Waals surface area contributed by atoms with Gasteiger partial charge in [-0.2, -0.15) is 0 Å². The molecule has 0 saturated carbocycles. The maximum absolute atomic E-state index is 11.5. The summed E-state index contributed by atoms with van der Waals surface area (Å²) in [6.45, 7) is 0. The summed E-state index contributed by atoms with van der Waals surface area (Å²) >= 11 is 3.07. The number of carbonyl (C=O) groups excluding carboxylic acids is 2. The van der Waals surface area contributed by atoms with Gasteiger partial charge in [-0.05, 0) is 17.7 Å². The first kappa shape index (κ1) is 15.5. The number of hydrogen-bond acceptors (Lipinski definition) is 4. The van der Waals surface area contributed by atoms with Crippen LogP contribution in [0.15, 0.2) is 24.3 Å². The Balaban J connectivity index is 2.86. The number of amides is 1. The van der Waals surface area contributed by atoms with Crippen LogP contribution in [0.5, 0.6) is 5.75 Å². The zero-order valence-electron chi connectivity index (χ0n) is 10.8. The molecule has 0 aliphatic heterocycles. The van der Waals surface area contributed by atoms with Crippen LogP contribution in [0.2, 0.25) is 0 Å². The number of carbonyl (C=O) groups is 2. The van der Waals surface area contributed by atoms with Crippen molar-refractivity contribution in [2.45, 2.75) is 12.5 Å². The van der Waals surface area contributed by atoms with Gasteiger partial charge in [0.1, 0.15) is 5.75 Å². The van der Waals surface area contributed by atoms with Crippen molar-refractivity contribution >= 4 is 27.8 Å². The predicted octanol–water partition coefficient (Wildman–Crippen LogP) is 1.81. The molecule has 1 rings (SSSR count). The first-order valence-corrected chi connectivity index (χ1v) is 6.79. The van der Waals surface area contributed by atoms with E-state index >= 15 is 0 Å². The topological polar surface area (TPSA) is 64.6 Å². The van der Waals surface area contributed by atoms with Crippen molar-refractivity contribution in [1.82, 2.24) is 5.32 Å². The summed E-state index contributed by atoms with van der Waals surface area (Å²) in [5.74, 6) is 0.146. The average molecular weight is 330 g/mol. The molecular weight excluding hydrogens is 314 g/mol. The molecule has 5 nitrogen and oxygen atoms in total. The minimum Gasteiger partial charge on any atom is -0.497 e. The second-order valence-electron chi connectivity index (χ2n) is 3.81. The molecule has 104 valence electrons. The Morgan fingerprint density at radius 2 is 1.89 bits per heavy atom. The van der Waals surface area contributed by atoms with Crippen LogP contribution in [-0.2, 0) is 14.3 Å². The number of esters is 1. The second kappa shape index (κ2) is 7.78. The first-order valence-electron chi connectivity index (χ1n) is 5.66. The monoisotopic (exact) mass is 329 g/mol. The lowest BCUT2D eigenvalue weighted by molar-refractivity contribution is -0.141. The number of benzene rings is 1. The molecule has 0 heterocycles. The van der Waals surface area contributed by atoms with Crippen LogP contribution in [0.1, 0.15) is 18.0 Å². The van der Waals surface area contributed by atoms with E-state index in [9.17, 15) is 9.59 Å². The molecule has 1 aromatic carbocycles. The van der Waals surface area contributed by atoms with Gasteiger partial charge in [0.2, 0.25) is 5.91 Å². The summed E-state index contributed by atoms with van der Waals surface area (Å²) in [6.07, 6.45) is 0.0849. The Hall–Kier alpha value is -1.56. The van der Waals surface area contributed by atoms with Crippen molar-refractivity contribution < 1.29 is 19.1 Å². The highest BCUT2D eigenvalue weighted by atomic mass is 79.9. The number of rotatable bonds is 6. The maximum Gasteiger partial charge on any atom is 0.307 e. The molecule has 19 heavy (non-hydrogen) atoms. The van der Waals surface area contributed by atoms with E-state index in [-0.39, 0.29) is 23.6 Å². The van der Waals surface area contributed by atoms with E-state index in [1.165, 1.54) is 7.11 Å².